The third-order valence-corrected chi connectivity index (χ3v) is 29.2. The Morgan fingerprint density at radius 3 is 1.33 bits per heavy atom. The zero-order valence-electron chi connectivity index (χ0n) is 13.1. The molecule has 1 heterocycles. The Morgan fingerprint density at radius 2 is 1.00 bits per heavy atom. The van der Waals surface area contributed by atoms with Gasteiger partial charge in [0.25, 0.3) is 0 Å². The van der Waals surface area contributed by atoms with Crippen molar-refractivity contribution in [3.63, 3.8) is 0 Å². The molecule has 0 saturated heterocycles. The van der Waals surface area contributed by atoms with Crippen LogP contribution in [0.2, 0.25) is 0 Å². The van der Waals surface area contributed by atoms with Crippen LogP contribution in [0, 0.1) is 0 Å². The molecule has 0 unspecified atom stereocenters. The number of hydrogen-bond acceptors (Lipinski definition) is 2. The molecule has 2 aliphatic carbocycles. The monoisotopic (exact) mass is 376 g/mol. The zero-order valence-corrected chi connectivity index (χ0v) is 16.8. The van der Waals surface area contributed by atoms with Gasteiger partial charge in [-0.3, -0.25) is 0 Å². The van der Waals surface area contributed by atoms with E-state index in [-0.39, 0.29) is 0 Å². The van der Waals surface area contributed by atoms with Crippen LogP contribution < -0.4 is 0 Å². The summed E-state index contributed by atoms with van der Waals surface area (Å²) in [4.78, 5) is 0. The number of hydrogen-bond donors (Lipinski definition) is 0. The van der Waals surface area contributed by atoms with Gasteiger partial charge in [0.15, 0.2) is 0 Å². The molecule has 0 aromatic rings. The van der Waals surface area contributed by atoms with Gasteiger partial charge in [0.05, 0.1) is 0 Å². The van der Waals surface area contributed by atoms with E-state index in [1.807, 2.05) is 0 Å². The van der Waals surface area contributed by atoms with E-state index in [9.17, 15) is 0 Å². The van der Waals surface area contributed by atoms with Gasteiger partial charge in [-0.25, -0.2) is 0 Å². The molecule has 0 amide bonds. The van der Waals surface area contributed by atoms with Gasteiger partial charge in [-0.15, -0.1) is 0 Å². The molecule has 0 spiro atoms. The van der Waals surface area contributed by atoms with Crippen LogP contribution in [0.4, 0.5) is 0 Å². The van der Waals surface area contributed by atoms with Crippen molar-refractivity contribution < 1.29 is 0 Å². The van der Waals surface area contributed by atoms with Crippen molar-refractivity contribution in [2.75, 3.05) is 0 Å². The molecule has 0 nitrogen and oxygen atoms in total. The normalized spacial score (nSPS) is 24.4. The molecule has 3 rings (SSSR count). The Morgan fingerprint density at radius 1 is 0.667 bits per heavy atom. The van der Waals surface area contributed by atoms with Crippen molar-refractivity contribution in [2.45, 2.75) is 38.2 Å². The molecule has 3 heteroatoms. The van der Waals surface area contributed by atoms with Crippen LogP contribution in [-0.2, 0) is 0 Å². The second-order valence-electron chi connectivity index (χ2n) is 5.82. The average molecular weight is 375 g/mol. The van der Waals surface area contributed by atoms with E-state index in [1.165, 1.54) is 0 Å². The third kappa shape index (κ3) is 2.71. The molecule has 0 aromatic carbocycles. The summed E-state index contributed by atoms with van der Waals surface area (Å²) in [5, 5.41) is 1.13. The quantitative estimate of drug-likeness (QED) is 0.583. The second kappa shape index (κ2) is 6.06. The van der Waals surface area contributed by atoms with E-state index in [4.69, 9.17) is 0 Å². The SMILES string of the molecule is CC1=[C](C)[Ge]([S]C2C=CC=C2)([S]C2C=CC=C2)[C](C)=C1C. The molecule has 0 atom stereocenters. The Kier molecular flexibility index (Phi) is 4.49. The summed E-state index contributed by atoms with van der Waals surface area (Å²) in [6.07, 6.45) is 18.2. The molecule has 0 N–H and O–H groups in total. The molecule has 21 heavy (non-hydrogen) atoms. The summed E-state index contributed by atoms with van der Waals surface area (Å²) in [5.41, 5.74) is 3.12. The van der Waals surface area contributed by atoms with E-state index in [0.717, 1.165) is 0 Å². The molecular formula is C18H22GeS2. The zero-order chi connectivity index (χ0) is 15.0. The maximum absolute atomic E-state index is 2.40. The molecule has 0 fully saturated rings. The van der Waals surface area contributed by atoms with Crippen molar-refractivity contribution in [1.29, 1.82) is 0 Å². The molecule has 0 radical (unpaired) electrons. The van der Waals surface area contributed by atoms with E-state index in [2.05, 4.69) is 96.5 Å². The molecule has 1 aliphatic heterocycles. The Bertz CT molecular complexity index is 552. The van der Waals surface area contributed by atoms with Gasteiger partial charge in [0, 0.05) is 0 Å². The van der Waals surface area contributed by atoms with Crippen molar-refractivity contribution in [2.24, 2.45) is 0 Å². The first-order chi connectivity index (χ1) is 10.0. The van der Waals surface area contributed by atoms with Crippen LogP contribution in [0.15, 0.2) is 68.6 Å². The van der Waals surface area contributed by atoms with Crippen LogP contribution in [0.1, 0.15) is 27.7 Å². The summed E-state index contributed by atoms with van der Waals surface area (Å²) in [6.45, 7) is 9.45. The van der Waals surface area contributed by atoms with Gasteiger partial charge >= 0.3 is 138 Å². The standard InChI is InChI=1S/C18H22GeS2/c1-13-14(2)16(4)19(15(13)3,20-17-9-5-6-10-17)21-18-11-7-8-12-18/h5-12,17-18H,1-4H3. The average Bonchev–Trinajstić information content (AvgIpc) is 3.18. The molecule has 110 valence electrons. The van der Waals surface area contributed by atoms with Gasteiger partial charge in [-0.2, -0.15) is 0 Å². The Labute approximate surface area is 137 Å². The molecular weight excluding hydrogens is 353 g/mol. The molecule has 0 bridgehead atoms. The van der Waals surface area contributed by atoms with E-state index in [1.54, 1.807) is 20.0 Å². The second-order valence-corrected chi connectivity index (χ2v) is 23.8. The van der Waals surface area contributed by atoms with Crippen LogP contribution in [-0.4, -0.2) is 21.5 Å². The van der Waals surface area contributed by atoms with Gasteiger partial charge in [0.2, 0.25) is 0 Å². The van der Waals surface area contributed by atoms with E-state index in [0.29, 0.717) is 10.5 Å². The summed E-state index contributed by atoms with van der Waals surface area (Å²) >= 11 is 0. The van der Waals surface area contributed by atoms with Crippen molar-refractivity contribution in [1.82, 2.24) is 0 Å². The predicted molar refractivity (Wildman–Crippen MR) is 102 cm³/mol. The fourth-order valence-electron chi connectivity index (χ4n) is 3.08. The fraction of sp³-hybridized carbons (Fsp3) is 0.333. The van der Waals surface area contributed by atoms with Crippen molar-refractivity contribution in [3.05, 3.63) is 68.6 Å². The predicted octanol–water partition coefficient (Wildman–Crippen LogP) is 5.65. The van der Waals surface area contributed by atoms with Crippen LogP contribution in [0.5, 0.6) is 0 Å². The van der Waals surface area contributed by atoms with Gasteiger partial charge in [-0.1, -0.05) is 0 Å². The van der Waals surface area contributed by atoms with Crippen LogP contribution >= 0.6 is 20.2 Å². The maximum atomic E-state index is 2.40. The first-order valence-electron chi connectivity index (χ1n) is 7.46. The van der Waals surface area contributed by atoms with Crippen molar-refractivity contribution in [3.8, 4) is 0 Å². The first kappa shape index (κ1) is 15.6. The minimum atomic E-state index is -2.33. The fourth-order valence-corrected chi connectivity index (χ4v) is 28.4. The van der Waals surface area contributed by atoms with E-state index < -0.39 is 11.0 Å². The summed E-state index contributed by atoms with van der Waals surface area (Å²) in [6, 6.07) is 0. The number of allylic oxidation sites excluding steroid dienone is 8. The van der Waals surface area contributed by atoms with Crippen molar-refractivity contribution >= 4 is 31.2 Å². The van der Waals surface area contributed by atoms with Gasteiger partial charge < -0.3 is 0 Å². The summed E-state index contributed by atoms with van der Waals surface area (Å²) < 4.78 is 3.42. The molecule has 3 aliphatic rings. The Balaban J connectivity index is 1.98. The summed E-state index contributed by atoms with van der Waals surface area (Å²) in [5.74, 6) is 0. The van der Waals surface area contributed by atoms with Gasteiger partial charge in [0.1, 0.15) is 0 Å². The topological polar surface area (TPSA) is 0 Å². The first-order valence-corrected chi connectivity index (χ1v) is 16.5. The third-order valence-electron chi connectivity index (χ3n) is 4.70. The van der Waals surface area contributed by atoms with Crippen LogP contribution in [0.3, 0.4) is 0 Å². The summed E-state index contributed by atoms with van der Waals surface area (Å²) in [7, 11) is 2.20. The minimum absolute atomic E-state index is 0.565. The van der Waals surface area contributed by atoms with E-state index >= 15 is 0 Å². The van der Waals surface area contributed by atoms with Crippen LogP contribution in [0.25, 0.3) is 0 Å². The Hall–Kier alpha value is -0.317. The van der Waals surface area contributed by atoms with Gasteiger partial charge in [-0.05, 0) is 0 Å². The molecule has 0 saturated carbocycles. The molecule has 0 aromatic heterocycles. The number of rotatable bonds is 4.